The van der Waals surface area contributed by atoms with Crippen LogP contribution in [0.1, 0.15) is 20.8 Å². The standard InChI is InChI=1S/C15H12N2O5S/c18-13(7-5-12-6-8-14(23-12)17(21)22)16-9-10-1-3-11(4-2-10)15(19)20/h1-8H,9H2,(H,16,18)(H,19,20)/b7-5+. The third kappa shape index (κ3) is 4.75. The summed E-state index contributed by atoms with van der Waals surface area (Å²) < 4.78 is 0. The number of carboxylic acids is 1. The number of nitrogens with one attached hydrogen (secondary N) is 1. The van der Waals surface area contributed by atoms with Crippen LogP contribution in [0.5, 0.6) is 0 Å². The number of aromatic carboxylic acids is 1. The highest BCUT2D eigenvalue weighted by Gasteiger charge is 2.08. The zero-order chi connectivity index (χ0) is 16.8. The van der Waals surface area contributed by atoms with Gasteiger partial charge in [0.15, 0.2) is 0 Å². The third-order valence-electron chi connectivity index (χ3n) is 2.86. The summed E-state index contributed by atoms with van der Waals surface area (Å²) in [6, 6.07) is 9.12. The van der Waals surface area contributed by atoms with E-state index >= 15 is 0 Å². The molecule has 7 nitrogen and oxygen atoms in total. The van der Waals surface area contributed by atoms with E-state index in [1.807, 2.05) is 0 Å². The van der Waals surface area contributed by atoms with Gasteiger partial charge in [0.25, 0.3) is 0 Å². The highest BCUT2D eigenvalue weighted by Crippen LogP contribution is 2.24. The number of carbonyl (C=O) groups excluding carboxylic acids is 1. The summed E-state index contributed by atoms with van der Waals surface area (Å²) in [7, 11) is 0. The molecule has 118 valence electrons. The van der Waals surface area contributed by atoms with Crippen LogP contribution in [0.2, 0.25) is 0 Å². The number of nitro groups is 1. The predicted molar refractivity (Wildman–Crippen MR) is 85.3 cm³/mol. The minimum Gasteiger partial charge on any atom is -0.478 e. The molecule has 0 fully saturated rings. The molecule has 2 aromatic rings. The number of rotatable bonds is 6. The lowest BCUT2D eigenvalue weighted by Gasteiger charge is -2.03. The molecule has 0 bridgehead atoms. The van der Waals surface area contributed by atoms with Crippen molar-refractivity contribution in [1.29, 1.82) is 0 Å². The van der Waals surface area contributed by atoms with E-state index in [9.17, 15) is 19.7 Å². The summed E-state index contributed by atoms with van der Waals surface area (Å²) >= 11 is 0.980. The van der Waals surface area contributed by atoms with Crippen molar-refractivity contribution in [2.75, 3.05) is 0 Å². The lowest BCUT2D eigenvalue weighted by molar-refractivity contribution is -0.380. The Hall–Kier alpha value is -3.00. The maximum atomic E-state index is 11.7. The van der Waals surface area contributed by atoms with Crippen molar-refractivity contribution in [3.05, 3.63) is 68.6 Å². The fourth-order valence-electron chi connectivity index (χ4n) is 1.70. The summed E-state index contributed by atoms with van der Waals surface area (Å²) in [4.78, 5) is 33.1. The van der Waals surface area contributed by atoms with Gasteiger partial charge in [-0.3, -0.25) is 14.9 Å². The van der Waals surface area contributed by atoms with E-state index in [0.29, 0.717) is 4.88 Å². The molecule has 8 heteroatoms. The van der Waals surface area contributed by atoms with Crippen molar-refractivity contribution in [2.45, 2.75) is 6.54 Å². The van der Waals surface area contributed by atoms with Gasteiger partial charge in [0, 0.05) is 23.6 Å². The Morgan fingerprint density at radius 1 is 1.22 bits per heavy atom. The van der Waals surface area contributed by atoms with Gasteiger partial charge < -0.3 is 10.4 Å². The summed E-state index contributed by atoms with van der Waals surface area (Å²) in [6.45, 7) is 0.258. The van der Waals surface area contributed by atoms with Crippen molar-refractivity contribution in [3.63, 3.8) is 0 Å². The van der Waals surface area contributed by atoms with Crippen molar-refractivity contribution in [3.8, 4) is 0 Å². The molecule has 1 heterocycles. The number of thiophene rings is 1. The molecule has 0 saturated carbocycles. The first-order valence-corrected chi connectivity index (χ1v) is 7.30. The summed E-state index contributed by atoms with van der Waals surface area (Å²) in [6.07, 6.45) is 2.79. The van der Waals surface area contributed by atoms with E-state index in [1.165, 1.54) is 30.4 Å². The minimum absolute atomic E-state index is 0.0172. The topological polar surface area (TPSA) is 110 Å². The summed E-state index contributed by atoms with van der Waals surface area (Å²) in [5, 5.41) is 22.0. The quantitative estimate of drug-likeness (QED) is 0.480. The average Bonchev–Trinajstić information content (AvgIpc) is 3.00. The van der Waals surface area contributed by atoms with Crippen LogP contribution in [0.4, 0.5) is 5.00 Å². The van der Waals surface area contributed by atoms with Gasteiger partial charge in [-0.1, -0.05) is 23.5 Å². The van der Waals surface area contributed by atoms with Crippen molar-refractivity contribution >= 4 is 34.3 Å². The summed E-state index contributed by atoms with van der Waals surface area (Å²) in [5.74, 6) is -1.35. The molecule has 1 aromatic carbocycles. The fraction of sp³-hybridized carbons (Fsp3) is 0.0667. The first kappa shape index (κ1) is 16.4. The number of carboxylic acid groups (broad SMARTS) is 1. The Morgan fingerprint density at radius 3 is 2.48 bits per heavy atom. The molecular weight excluding hydrogens is 320 g/mol. The summed E-state index contributed by atoms with van der Waals surface area (Å²) in [5.41, 5.74) is 0.947. The van der Waals surface area contributed by atoms with Crippen LogP contribution in [-0.2, 0) is 11.3 Å². The molecule has 2 N–H and O–H groups in total. The molecule has 0 aliphatic heterocycles. The van der Waals surface area contributed by atoms with Gasteiger partial charge >= 0.3 is 11.0 Å². The zero-order valence-corrected chi connectivity index (χ0v) is 12.6. The molecule has 0 unspecified atom stereocenters. The first-order chi connectivity index (χ1) is 11.0. The van der Waals surface area contributed by atoms with Gasteiger partial charge in [0.05, 0.1) is 10.5 Å². The Bertz CT molecular complexity index is 764. The fourth-order valence-corrected chi connectivity index (χ4v) is 2.43. The SMILES string of the molecule is O=C(/C=C/c1ccc([N+](=O)[O-])s1)NCc1ccc(C(=O)O)cc1. The molecule has 0 aliphatic rings. The Labute approximate surface area is 135 Å². The number of benzene rings is 1. The van der Waals surface area contributed by atoms with Crippen molar-refractivity contribution in [1.82, 2.24) is 5.32 Å². The van der Waals surface area contributed by atoms with Crippen LogP contribution in [0.15, 0.2) is 42.5 Å². The molecule has 2 rings (SSSR count). The smallest absolute Gasteiger partial charge is 0.335 e. The van der Waals surface area contributed by atoms with E-state index in [1.54, 1.807) is 18.2 Å². The van der Waals surface area contributed by atoms with E-state index in [2.05, 4.69) is 5.32 Å². The number of hydrogen-bond donors (Lipinski definition) is 2. The number of nitrogens with zero attached hydrogens (tertiary/aromatic N) is 1. The monoisotopic (exact) mass is 332 g/mol. The van der Waals surface area contributed by atoms with Crippen LogP contribution < -0.4 is 5.32 Å². The zero-order valence-electron chi connectivity index (χ0n) is 11.8. The third-order valence-corrected chi connectivity index (χ3v) is 3.86. The van der Waals surface area contributed by atoms with Gasteiger partial charge in [-0.25, -0.2) is 4.79 Å². The first-order valence-electron chi connectivity index (χ1n) is 6.48. The van der Waals surface area contributed by atoms with Gasteiger partial charge in [0.2, 0.25) is 5.91 Å². The second-order valence-electron chi connectivity index (χ2n) is 4.49. The number of carbonyl (C=O) groups is 2. The molecule has 0 saturated heterocycles. The van der Waals surface area contributed by atoms with Gasteiger partial charge in [0.1, 0.15) is 0 Å². The average molecular weight is 332 g/mol. The molecule has 0 spiro atoms. The molecule has 0 radical (unpaired) electrons. The molecule has 0 atom stereocenters. The lowest BCUT2D eigenvalue weighted by atomic mass is 10.1. The largest absolute Gasteiger partial charge is 0.478 e. The van der Waals surface area contributed by atoms with Crippen molar-refractivity contribution < 1.29 is 19.6 Å². The van der Waals surface area contributed by atoms with E-state index < -0.39 is 10.9 Å². The number of hydrogen-bond acceptors (Lipinski definition) is 5. The predicted octanol–water partition coefficient (Wildman–Crippen LogP) is 2.68. The van der Waals surface area contributed by atoms with Gasteiger partial charge in [-0.2, -0.15) is 0 Å². The van der Waals surface area contributed by atoms with E-state index in [4.69, 9.17) is 5.11 Å². The minimum atomic E-state index is -1.01. The van der Waals surface area contributed by atoms with Crippen LogP contribution in [0.3, 0.4) is 0 Å². The van der Waals surface area contributed by atoms with E-state index in [-0.39, 0.29) is 23.0 Å². The normalized spacial score (nSPS) is 10.6. The van der Waals surface area contributed by atoms with Crippen LogP contribution >= 0.6 is 11.3 Å². The van der Waals surface area contributed by atoms with Crippen LogP contribution in [0, 0.1) is 10.1 Å². The molecule has 1 amide bonds. The Balaban J connectivity index is 1.87. The number of amides is 1. The highest BCUT2D eigenvalue weighted by molar-refractivity contribution is 7.16. The maximum absolute atomic E-state index is 11.7. The molecule has 1 aromatic heterocycles. The van der Waals surface area contributed by atoms with Crippen LogP contribution in [-0.4, -0.2) is 21.9 Å². The highest BCUT2D eigenvalue weighted by atomic mass is 32.1. The second-order valence-corrected chi connectivity index (χ2v) is 5.58. The Morgan fingerprint density at radius 2 is 1.91 bits per heavy atom. The lowest BCUT2D eigenvalue weighted by Crippen LogP contribution is -2.20. The molecule has 0 aliphatic carbocycles. The van der Waals surface area contributed by atoms with E-state index in [0.717, 1.165) is 16.9 Å². The molecular formula is C15H12N2O5S. The molecule has 23 heavy (non-hydrogen) atoms. The second kappa shape index (κ2) is 7.32. The Kier molecular flexibility index (Phi) is 5.21. The van der Waals surface area contributed by atoms with Crippen LogP contribution in [0.25, 0.3) is 6.08 Å². The van der Waals surface area contributed by atoms with Crippen molar-refractivity contribution in [2.24, 2.45) is 0 Å². The maximum Gasteiger partial charge on any atom is 0.335 e. The van der Waals surface area contributed by atoms with Gasteiger partial charge in [-0.05, 0) is 29.8 Å². The van der Waals surface area contributed by atoms with Gasteiger partial charge in [-0.15, -0.1) is 0 Å².